The number of nitrogens with two attached hydrogens (primary N) is 1. The van der Waals surface area contributed by atoms with Crippen LogP contribution in [0.15, 0.2) is 89.5 Å². The Kier molecular flexibility index (Phi) is 6.01. The molecule has 0 atom stereocenters. The molecule has 6 rings (SSSR count). The Labute approximate surface area is 225 Å². The summed E-state index contributed by atoms with van der Waals surface area (Å²) in [6, 6.07) is 24.2. The minimum atomic E-state index is -0.657. The first kappa shape index (κ1) is 24.3. The van der Waals surface area contributed by atoms with Crippen LogP contribution < -0.4 is 15.2 Å². The number of benzene rings is 3. The molecular formula is C29H20FN4O4S+. The van der Waals surface area contributed by atoms with Gasteiger partial charge in [-0.05, 0) is 41.5 Å². The number of nitrogens with zero attached hydrogens (tertiary/aromatic N) is 3. The van der Waals surface area contributed by atoms with Gasteiger partial charge in [0.15, 0.2) is 0 Å². The number of thiophene rings is 1. The van der Waals surface area contributed by atoms with Crippen LogP contribution >= 0.6 is 11.3 Å². The predicted octanol–water partition coefficient (Wildman–Crippen LogP) is 5.56. The molecule has 0 aliphatic carbocycles. The average molecular weight is 540 g/mol. The van der Waals surface area contributed by atoms with Crippen molar-refractivity contribution < 1.29 is 28.2 Å². The van der Waals surface area contributed by atoms with E-state index >= 15 is 0 Å². The number of methoxy groups -OCH3 is 1. The number of fused-ring (bicyclic) bond motifs is 1. The second kappa shape index (κ2) is 9.66. The van der Waals surface area contributed by atoms with Crippen molar-refractivity contribution in [2.75, 3.05) is 12.8 Å². The largest absolute Gasteiger partial charge is 0.497 e. The molecule has 0 aliphatic rings. The maximum absolute atomic E-state index is 14.2. The lowest BCUT2D eigenvalue weighted by atomic mass is 9.99. The normalized spacial score (nSPS) is 11.1. The van der Waals surface area contributed by atoms with Gasteiger partial charge in [0.1, 0.15) is 21.3 Å². The molecule has 0 amide bonds. The van der Waals surface area contributed by atoms with Crippen LogP contribution in [0.25, 0.3) is 38.3 Å². The van der Waals surface area contributed by atoms with Gasteiger partial charge >= 0.3 is 11.6 Å². The molecule has 0 fully saturated rings. The maximum atomic E-state index is 14.2. The number of halogens is 1. The summed E-state index contributed by atoms with van der Waals surface area (Å²) in [7, 11) is 1.54. The lowest BCUT2D eigenvalue weighted by Gasteiger charge is -2.09. The number of hydrogen-bond acceptors (Lipinski definition) is 8. The Morgan fingerprint density at radius 2 is 1.77 bits per heavy atom. The van der Waals surface area contributed by atoms with Crippen LogP contribution in [0.4, 0.5) is 10.1 Å². The molecule has 0 bridgehead atoms. The Bertz CT molecular complexity index is 1850. The van der Waals surface area contributed by atoms with Crippen LogP contribution in [0.5, 0.6) is 11.7 Å². The molecule has 0 aliphatic heterocycles. The molecular weight excluding hydrogens is 519 g/mol. The molecule has 0 saturated heterocycles. The molecule has 0 radical (unpaired) electrons. The number of rotatable bonds is 6. The van der Waals surface area contributed by atoms with Crippen molar-refractivity contribution >= 4 is 33.0 Å². The lowest BCUT2D eigenvalue weighted by Crippen LogP contribution is -2.38. The summed E-state index contributed by atoms with van der Waals surface area (Å²) < 4.78 is 25.6. The topological polar surface area (TPSA) is 115 Å². The van der Waals surface area contributed by atoms with E-state index in [9.17, 15) is 14.3 Å². The molecule has 10 heteroatoms. The number of carbonyl (C=O) groups is 1. The molecule has 3 aromatic heterocycles. The van der Waals surface area contributed by atoms with E-state index in [2.05, 4.69) is 5.27 Å². The molecule has 192 valence electrons. The van der Waals surface area contributed by atoms with Gasteiger partial charge in [-0.3, -0.25) is 9.32 Å². The van der Waals surface area contributed by atoms with Crippen molar-refractivity contribution in [2.45, 2.75) is 0 Å². The van der Waals surface area contributed by atoms with Crippen LogP contribution in [0.2, 0.25) is 0 Å². The minimum absolute atomic E-state index is 0.140. The third kappa shape index (κ3) is 4.26. The summed E-state index contributed by atoms with van der Waals surface area (Å²) in [5, 5.41) is 14.8. The highest BCUT2D eigenvalue weighted by Crippen LogP contribution is 2.42. The first-order valence-corrected chi connectivity index (χ1v) is 12.6. The van der Waals surface area contributed by atoms with E-state index in [1.54, 1.807) is 43.5 Å². The van der Waals surface area contributed by atoms with Crippen molar-refractivity contribution in [1.82, 2.24) is 10.3 Å². The smallest absolute Gasteiger partial charge is 0.393 e. The molecule has 6 aromatic rings. The molecule has 39 heavy (non-hydrogen) atoms. The van der Waals surface area contributed by atoms with E-state index in [1.807, 2.05) is 36.4 Å². The highest BCUT2D eigenvalue weighted by Gasteiger charge is 2.37. The van der Waals surface area contributed by atoms with Crippen LogP contribution in [-0.4, -0.2) is 28.3 Å². The van der Waals surface area contributed by atoms with Crippen molar-refractivity contribution in [1.29, 1.82) is 0 Å². The highest BCUT2D eigenvalue weighted by molar-refractivity contribution is 7.21. The third-order valence-corrected chi connectivity index (χ3v) is 7.36. The van der Waals surface area contributed by atoms with Gasteiger partial charge in [-0.25, -0.2) is 9.37 Å². The van der Waals surface area contributed by atoms with Gasteiger partial charge in [0, 0.05) is 27.8 Å². The van der Waals surface area contributed by atoms with E-state index in [1.165, 1.54) is 16.8 Å². The first-order chi connectivity index (χ1) is 18.9. The molecule has 3 aromatic carbocycles. The fourth-order valence-electron chi connectivity index (χ4n) is 4.38. The lowest BCUT2D eigenvalue weighted by molar-refractivity contribution is -0.672. The number of nitrogen functional groups attached to an aromatic ring is 1. The molecule has 0 unspecified atom stereocenters. The fraction of sp³-hybridized carbons (Fsp3) is 0.0345. The van der Waals surface area contributed by atoms with Crippen molar-refractivity contribution in [2.24, 2.45) is 0 Å². The molecule has 3 heterocycles. The summed E-state index contributed by atoms with van der Waals surface area (Å²) in [5.41, 5.74) is 9.72. The van der Waals surface area contributed by atoms with E-state index in [0.29, 0.717) is 38.5 Å². The molecule has 8 nitrogen and oxygen atoms in total. The van der Waals surface area contributed by atoms with Gasteiger partial charge in [-0.2, -0.15) is 0 Å². The maximum Gasteiger partial charge on any atom is 0.393 e. The molecule has 0 spiro atoms. The van der Waals surface area contributed by atoms with Gasteiger partial charge < -0.3 is 15.6 Å². The van der Waals surface area contributed by atoms with Gasteiger partial charge in [0.2, 0.25) is 11.0 Å². The second-order valence-electron chi connectivity index (χ2n) is 8.62. The zero-order chi connectivity index (χ0) is 27.1. The summed E-state index contributed by atoms with van der Waals surface area (Å²) in [5.74, 6) is -1.05. The summed E-state index contributed by atoms with van der Waals surface area (Å²) in [4.78, 5) is 19.3. The zero-order valence-corrected chi connectivity index (χ0v) is 21.3. The number of ketones is 1. The summed E-state index contributed by atoms with van der Waals surface area (Å²) in [6.45, 7) is 0. The van der Waals surface area contributed by atoms with Gasteiger partial charge in [-0.15, -0.1) is 11.3 Å². The Hall–Kier alpha value is -5.09. The van der Waals surface area contributed by atoms with Gasteiger partial charge in [-0.1, -0.05) is 42.5 Å². The minimum Gasteiger partial charge on any atom is -0.497 e. The molecule has 0 saturated carbocycles. The van der Waals surface area contributed by atoms with Crippen LogP contribution in [-0.2, 0) is 0 Å². The highest BCUT2D eigenvalue weighted by atomic mass is 32.1. The van der Waals surface area contributed by atoms with E-state index in [-0.39, 0.29) is 16.3 Å². The fourth-order valence-corrected chi connectivity index (χ4v) is 5.45. The van der Waals surface area contributed by atoms with Crippen LogP contribution in [0, 0.1) is 5.82 Å². The number of aromatic nitrogens is 3. The monoisotopic (exact) mass is 539 g/mol. The Balaban J connectivity index is 1.54. The van der Waals surface area contributed by atoms with E-state index in [0.717, 1.165) is 16.9 Å². The van der Waals surface area contributed by atoms with Gasteiger partial charge in [0.05, 0.1) is 18.5 Å². The number of aromatic hydroxyl groups is 1. The average Bonchev–Trinajstić information content (AvgIpc) is 3.52. The third-order valence-electron chi connectivity index (χ3n) is 6.27. The first-order valence-electron chi connectivity index (χ1n) is 11.8. The number of anilines is 1. The number of pyridine rings is 1. The number of ether oxygens (including phenoxy) is 1. The zero-order valence-electron chi connectivity index (χ0n) is 20.5. The summed E-state index contributed by atoms with van der Waals surface area (Å²) in [6.07, 6.45) is 0. The Morgan fingerprint density at radius 3 is 2.49 bits per heavy atom. The number of hydrogen-bond donors (Lipinski definition) is 2. The van der Waals surface area contributed by atoms with Crippen molar-refractivity contribution in [3.63, 3.8) is 0 Å². The number of carbonyl (C=O) groups excluding carboxylic acids is 1. The quantitative estimate of drug-likeness (QED) is 0.210. The predicted molar refractivity (Wildman–Crippen MR) is 145 cm³/mol. The van der Waals surface area contributed by atoms with E-state index < -0.39 is 17.5 Å². The van der Waals surface area contributed by atoms with Crippen molar-refractivity contribution in [3.8, 4) is 39.8 Å². The standard InChI is InChI=1S/C29H19FN4O4S/c1-37-20-12-10-19(11-13-20)34-25(29(36)38-33-34)26(35)27-24(31)23-21(17-8-5-9-18(30)14-17)15-22(32-28(23)39-27)16-6-3-2-4-7-16/h2-15H,1H3,(H2-,31,33,35,36)/p+1. The van der Waals surface area contributed by atoms with Crippen molar-refractivity contribution in [3.05, 3.63) is 101 Å². The Morgan fingerprint density at radius 1 is 1.03 bits per heavy atom. The van der Waals surface area contributed by atoms with E-state index in [4.69, 9.17) is 20.0 Å². The second-order valence-corrected chi connectivity index (χ2v) is 9.62. The van der Waals surface area contributed by atoms with Gasteiger partial charge in [0.25, 0.3) is 5.78 Å². The SMILES string of the molecule is COc1ccc(-[n+]2noc(O)c2C(=O)c2sc3nc(-c4ccccc4)cc(-c4cccc(F)c4)c3c2N)cc1. The molecule has 3 N–H and O–H groups in total. The summed E-state index contributed by atoms with van der Waals surface area (Å²) >= 11 is 1.08. The van der Waals surface area contributed by atoms with Crippen LogP contribution in [0.1, 0.15) is 15.4 Å². The van der Waals surface area contributed by atoms with Crippen LogP contribution in [0.3, 0.4) is 0 Å².